The topological polar surface area (TPSA) is 27.6 Å². The highest BCUT2D eigenvalue weighted by Crippen LogP contribution is 2.72. The van der Waals surface area contributed by atoms with Crippen molar-refractivity contribution in [1.82, 2.24) is 5.32 Å². The lowest BCUT2D eigenvalue weighted by atomic mass is 9.65. The molecule has 2 aliphatic heterocycles. The van der Waals surface area contributed by atoms with Gasteiger partial charge in [-0.1, -0.05) is 254 Å². The van der Waals surface area contributed by atoms with E-state index in [-0.39, 0.29) is 12.0 Å². The standard InChI is InChI=1S/C66H50N3Si/c1-45-65(50-28-11-4-12-29-50)66(45,68-63(67-65)46-23-21-36-55(41-46)70(53-32-13-5-14-33-53)54-34-15-6-16-35-54)51-30-22-31-52(44-51)69-60-40-20-18-37-56(60)47-42-59-62(61(69)43-47)57-38-17-19-39-58(57)64(59,48-24-7-2-8-25-48)49-26-9-3-10-27-49/h2-42,44-45,61H,43H2,1H3,(H,67,68). The van der Waals surface area contributed by atoms with E-state index < -0.39 is 25.3 Å². The van der Waals surface area contributed by atoms with Crippen molar-refractivity contribution in [2.45, 2.75) is 35.9 Å². The van der Waals surface area contributed by atoms with E-state index in [2.05, 4.69) is 272 Å². The molecule has 1 fully saturated rings. The molecule has 2 heterocycles. The number of hydrogen-bond acceptors (Lipinski definition) is 3. The van der Waals surface area contributed by atoms with Gasteiger partial charge in [0.2, 0.25) is 0 Å². The number of nitrogens with zero attached hydrogens (tertiary/aromatic N) is 2. The molecule has 0 amide bonds. The third-order valence-corrected chi connectivity index (χ3v) is 19.1. The number of allylic oxidation sites excluding steroid dienone is 2. The first-order chi connectivity index (χ1) is 34.6. The van der Waals surface area contributed by atoms with Crippen LogP contribution in [0.25, 0.3) is 11.1 Å². The van der Waals surface area contributed by atoms with Gasteiger partial charge in [-0.2, -0.15) is 0 Å². The number of amidine groups is 1. The number of benzene rings is 9. The summed E-state index contributed by atoms with van der Waals surface area (Å²) in [7, 11) is -1.28. The molecule has 3 aliphatic carbocycles. The average molecular weight is 913 g/mol. The predicted octanol–water partition coefficient (Wildman–Crippen LogP) is 12.1. The second kappa shape index (κ2) is 15.7. The van der Waals surface area contributed by atoms with Crippen LogP contribution < -0.4 is 25.8 Å². The minimum Gasteiger partial charge on any atom is -0.357 e. The molecule has 4 heteroatoms. The van der Waals surface area contributed by atoms with Crippen LogP contribution in [-0.2, 0) is 16.5 Å². The van der Waals surface area contributed by atoms with Gasteiger partial charge in [-0.25, -0.2) is 0 Å². The number of rotatable bonds is 9. The first-order valence-corrected chi connectivity index (χ1v) is 26.3. The molecule has 1 radical (unpaired) electrons. The minimum atomic E-state index is -1.28. The van der Waals surface area contributed by atoms with Crippen LogP contribution in [0, 0.1) is 5.92 Å². The van der Waals surface area contributed by atoms with E-state index in [9.17, 15) is 0 Å². The second-order valence-electron chi connectivity index (χ2n) is 19.6. The molecule has 2 bridgehead atoms. The number of aliphatic imine (C=N–C) groups is 1. The summed E-state index contributed by atoms with van der Waals surface area (Å²) in [5, 5.41) is 8.26. The molecule has 333 valence electrons. The molecule has 9 aromatic rings. The summed E-state index contributed by atoms with van der Waals surface area (Å²) >= 11 is 0. The lowest BCUT2D eigenvalue weighted by Crippen LogP contribution is -2.52. The summed E-state index contributed by atoms with van der Waals surface area (Å²) < 4.78 is 0. The van der Waals surface area contributed by atoms with Crippen molar-refractivity contribution in [2.75, 3.05) is 4.90 Å². The van der Waals surface area contributed by atoms with E-state index in [1.165, 1.54) is 82.6 Å². The van der Waals surface area contributed by atoms with Gasteiger partial charge in [-0.15, -0.1) is 0 Å². The Kier molecular flexibility index (Phi) is 9.21. The largest absolute Gasteiger partial charge is 0.357 e. The molecular weight excluding hydrogens is 863 g/mol. The highest BCUT2D eigenvalue weighted by Gasteiger charge is 2.80. The molecule has 14 rings (SSSR count). The van der Waals surface area contributed by atoms with Crippen molar-refractivity contribution >= 4 is 52.7 Å². The zero-order chi connectivity index (χ0) is 46.4. The molecule has 0 saturated heterocycles. The number of fused-ring (bicyclic) bond motifs is 8. The van der Waals surface area contributed by atoms with Crippen LogP contribution in [0.4, 0.5) is 11.4 Å². The highest BCUT2D eigenvalue weighted by molar-refractivity contribution is 6.95. The smallest absolute Gasteiger partial charge is 0.154 e. The Hall–Kier alpha value is -8.05. The Balaban J connectivity index is 0.936. The van der Waals surface area contributed by atoms with E-state index in [1.54, 1.807) is 0 Å². The van der Waals surface area contributed by atoms with Crippen LogP contribution in [0.2, 0.25) is 0 Å². The Morgan fingerprint density at radius 3 is 1.73 bits per heavy atom. The van der Waals surface area contributed by atoms with E-state index in [4.69, 9.17) is 4.99 Å². The molecule has 0 aromatic heterocycles. The van der Waals surface area contributed by atoms with Gasteiger partial charge in [-0.3, -0.25) is 4.99 Å². The third kappa shape index (κ3) is 5.71. The van der Waals surface area contributed by atoms with E-state index >= 15 is 0 Å². The number of anilines is 2. The van der Waals surface area contributed by atoms with Gasteiger partial charge < -0.3 is 10.2 Å². The number of nitrogens with one attached hydrogen (secondary N) is 1. The van der Waals surface area contributed by atoms with Crippen molar-refractivity contribution in [1.29, 1.82) is 0 Å². The highest BCUT2D eigenvalue weighted by atomic mass is 28.3. The van der Waals surface area contributed by atoms with Gasteiger partial charge in [0.25, 0.3) is 0 Å². The van der Waals surface area contributed by atoms with Gasteiger partial charge in [-0.05, 0) is 79.9 Å². The average Bonchev–Trinajstić information content (AvgIpc) is 3.64. The molecule has 70 heavy (non-hydrogen) atoms. The maximum Gasteiger partial charge on any atom is 0.154 e. The normalized spacial score (nSPS) is 22.0. The summed E-state index contributed by atoms with van der Waals surface area (Å²) in [5.41, 5.74) is 15.4. The quantitative estimate of drug-likeness (QED) is 0.115. The molecule has 3 nitrogen and oxygen atoms in total. The van der Waals surface area contributed by atoms with Crippen molar-refractivity contribution < 1.29 is 0 Å². The SMILES string of the molecule is CC1C2(c3cccc(N4c5ccccc5C5=CC6=C(c7ccccc7C6(c6ccccc6)c6ccccc6)C4C5)c3)N=C(c3cccc([Si](c4ccccc4)c4ccccc4)c3)NC12c1ccccc1. The fourth-order valence-corrected chi connectivity index (χ4v) is 16.0. The maximum absolute atomic E-state index is 5.95. The Labute approximate surface area is 412 Å². The molecule has 1 N–H and O–H groups in total. The summed E-state index contributed by atoms with van der Waals surface area (Å²) in [6, 6.07) is 92.6. The number of para-hydroxylation sites is 1. The lowest BCUT2D eigenvalue weighted by Gasteiger charge is -2.45. The summed E-state index contributed by atoms with van der Waals surface area (Å²) in [4.78, 5) is 8.63. The molecule has 9 aromatic carbocycles. The second-order valence-corrected chi connectivity index (χ2v) is 22.1. The Bertz CT molecular complexity index is 3510. The molecular formula is C66H50N3Si. The summed E-state index contributed by atoms with van der Waals surface area (Å²) in [6.07, 6.45) is 3.48. The zero-order valence-electron chi connectivity index (χ0n) is 39.0. The van der Waals surface area contributed by atoms with Crippen LogP contribution in [0.5, 0.6) is 0 Å². The van der Waals surface area contributed by atoms with E-state index in [0.717, 1.165) is 17.8 Å². The summed E-state index contributed by atoms with van der Waals surface area (Å²) in [6.45, 7) is 2.39. The zero-order valence-corrected chi connectivity index (χ0v) is 40.0. The number of hydrogen-bond donors (Lipinski definition) is 1. The first-order valence-electron chi connectivity index (χ1n) is 24.8. The lowest BCUT2D eigenvalue weighted by molar-refractivity contribution is 0.560. The Morgan fingerprint density at radius 1 is 0.514 bits per heavy atom. The Morgan fingerprint density at radius 2 is 1.06 bits per heavy atom. The van der Waals surface area contributed by atoms with Crippen molar-refractivity contribution in [2.24, 2.45) is 10.9 Å². The van der Waals surface area contributed by atoms with Gasteiger partial charge in [0.1, 0.15) is 11.4 Å². The monoisotopic (exact) mass is 912 g/mol. The van der Waals surface area contributed by atoms with Crippen molar-refractivity contribution in [3.05, 3.63) is 305 Å². The van der Waals surface area contributed by atoms with Gasteiger partial charge in [0.05, 0.1) is 17.0 Å². The molecule has 4 atom stereocenters. The van der Waals surface area contributed by atoms with Crippen LogP contribution in [0.15, 0.2) is 265 Å². The van der Waals surface area contributed by atoms with Gasteiger partial charge in [0.15, 0.2) is 8.80 Å². The maximum atomic E-state index is 5.95. The summed E-state index contributed by atoms with van der Waals surface area (Å²) in [5.74, 6) is 1.15. The van der Waals surface area contributed by atoms with Crippen LogP contribution >= 0.6 is 0 Å². The molecule has 5 aliphatic rings. The first kappa shape index (κ1) is 41.0. The van der Waals surface area contributed by atoms with Gasteiger partial charge >= 0.3 is 0 Å². The molecule has 4 unspecified atom stereocenters. The third-order valence-electron chi connectivity index (χ3n) is 16.4. The van der Waals surface area contributed by atoms with Crippen LogP contribution in [0.3, 0.4) is 0 Å². The van der Waals surface area contributed by atoms with Crippen LogP contribution in [-0.4, -0.2) is 20.7 Å². The van der Waals surface area contributed by atoms with Gasteiger partial charge in [0, 0.05) is 28.4 Å². The van der Waals surface area contributed by atoms with E-state index in [1.807, 2.05) is 0 Å². The molecule has 1 saturated carbocycles. The fraction of sp³-hybridized carbons (Fsp3) is 0.106. The van der Waals surface area contributed by atoms with Crippen LogP contribution in [0.1, 0.15) is 57.9 Å². The van der Waals surface area contributed by atoms with Crippen molar-refractivity contribution in [3.63, 3.8) is 0 Å². The van der Waals surface area contributed by atoms with E-state index in [0.29, 0.717) is 0 Å². The molecule has 0 spiro atoms. The minimum absolute atomic E-state index is 0.0670. The van der Waals surface area contributed by atoms with Crippen molar-refractivity contribution in [3.8, 4) is 0 Å². The fourth-order valence-electron chi connectivity index (χ4n) is 13.4. The predicted molar refractivity (Wildman–Crippen MR) is 290 cm³/mol.